The van der Waals surface area contributed by atoms with Crippen LogP contribution < -0.4 is 15.4 Å². The zero-order valence-electron chi connectivity index (χ0n) is 17.9. The third-order valence-corrected chi connectivity index (χ3v) is 6.77. The quantitative estimate of drug-likeness (QED) is 0.442. The van der Waals surface area contributed by atoms with Crippen molar-refractivity contribution in [2.75, 3.05) is 19.0 Å². The largest absolute Gasteiger partial charge is 0.497 e. The lowest BCUT2D eigenvalue weighted by Gasteiger charge is -2.18. The minimum Gasteiger partial charge on any atom is -0.497 e. The molecule has 0 saturated carbocycles. The lowest BCUT2D eigenvalue weighted by molar-refractivity contribution is 0.0526. The Balaban J connectivity index is 1.77. The summed E-state index contributed by atoms with van der Waals surface area (Å²) >= 11 is 7.21. The van der Waals surface area contributed by atoms with E-state index in [1.165, 1.54) is 17.7 Å². The van der Waals surface area contributed by atoms with Crippen molar-refractivity contribution in [2.24, 2.45) is 0 Å². The van der Waals surface area contributed by atoms with Crippen molar-refractivity contribution >= 4 is 39.6 Å². The standard InChI is InChI=1S/C23H30N2O3S2/c1-4-28-22(26)20-18-9-7-5-6-8-10-19(18)30-21(20)25-23(29)24-15(2)16-11-13-17(27-3)14-12-16/h11-15H,4-10H2,1-3H3,(H2,24,25,29). The number of rotatable bonds is 6. The first-order valence-electron chi connectivity index (χ1n) is 10.6. The average Bonchev–Trinajstić information content (AvgIpc) is 3.04. The third-order valence-electron chi connectivity index (χ3n) is 5.34. The molecule has 7 heteroatoms. The number of hydrogen-bond donors (Lipinski definition) is 2. The molecular weight excluding hydrogens is 416 g/mol. The highest BCUT2D eigenvalue weighted by Gasteiger charge is 2.26. The summed E-state index contributed by atoms with van der Waals surface area (Å²) in [7, 11) is 1.65. The van der Waals surface area contributed by atoms with Crippen LogP contribution in [0, 0.1) is 0 Å². The van der Waals surface area contributed by atoms with E-state index in [9.17, 15) is 4.79 Å². The first-order chi connectivity index (χ1) is 14.5. The molecule has 3 rings (SSSR count). The first kappa shape index (κ1) is 22.6. The van der Waals surface area contributed by atoms with E-state index in [0.717, 1.165) is 47.6 Å². The molecule has 1 unspecified atom stereocenters. The van der Waals surface area contributed by atoms with Gasteiger partial charge in [0.05, 0.1) is 25.3 Å². The lowest BCUT2D eigenvalue weighted by Crippen LogP contribution is -2.31. The summed E-state index contributed by atoms with van der Waals surface area (Å²) in [5.41, 5.74) is 2.91. The Morgan fingerprint density at radius 2 is 1.87 bits per heavy atom. The van der Waals surface area contributed by atoms with Crippen LogP contribution in [0.1, 0.15) is 71.9 Å². The Morgan fingerprint density at radius 3 is 2.53 bits per heavy atom. The van der Waals surface area contributed by atoms with Gasteiger partial charge in [-0.3, -0.25) is 0 Å². The third kappa shape index (κ3) is 5.52. The smallest absolute Gasteiger partial charge is 0.341 e. The minimum atomic E-state index is -0.260. The van der Waals surface area contributed by atoms with Gasteiger partial charge >= 0.3 is 5.97 Å². The summed E-state index contributed by atoms with van der Waals surface area (Å²) in [4.78, 5) is 14.0. The Morgan fingerprint density at radius 1 is 1.17 bits per heavy atom. The number of hydrogen-bond acceptors (Lipinski definition) is 5. The Hall–Kier alpha value is -2.12. The molecule has 2 N–H and O–H groups in total. The number of benzene rings is 1. The van der Waals surface area contributed by atoms with Crippen LogP contribution in [0.3, 0.4) is 0 Å². The monoisotopic (exact) mass is 446 g/mol. The molecule has 0 amide bonds. The molecule has 2 aromatic rings. The number of thiophene rings is 1. The Kier molecular flexibility index (Phi) is 8.10. The SMILES string of the molecule is CCOC(=O)c1c(NC(=S)NC(C)c2ccc(OC)cc2)sc2c1CCCCCC2. The van der Waals surface area contributed by atoms with E-state index >= 15 is 0 Å². The number of esters is 1. The number of thiocarbonyl (C=S) groups is 1. The van der Waals surface area contributed by atoms with Gasteiger partial charge in [-0.1, -0.05) is 25.0 Å². The van der Waals surface area contributed by atoms with E-state index in [1.54, 1.807) is 18.4 Å². The van der Waals surface area contributed by atoms with Crippen LogP contribution in [0.4, 0.5) is 5.00 Å². The molecule has 0 saturated heterocycles. The molecule has 1 heterocycles. The second-order valence-electron chi connectivity index (χ2n) is 7.44. The molecule has 1 aromatic carbocycles. The van der Waals surface area contributed by atoms with Gasteiger partial charge in [0, 0.05) is 4.88 Å². The van der Waals surface area contributed by atoms with Crippen molar-refractivity contribution in [1.29, 1.82) is 0 Å². The molecular formula is C23H30N2O3S2. The topological polar surface area (TPSA) is 59.6 Å². The molecule has 0 aliphatic heterocycles. The van der Waals surface area contributed by atoms with Crippen LogP contribution in [0.5, 0.6) is 5.75 Å². The molecule has 0 radical (unpaired) electrons. The first-order valence-corrected chi connectivity index (χ1v) is 11.8. The number of methoxy groups -OCH3 is 1. The van der Waals surface area contributed by atoms with Gasteiger partial charge in [0.25, 0.3) is 0 Å². The molecule has 1 aliphatic carbocycles. The summed E-state index contributed by atoms with van der Waals surface area (Å²) in [5, 5.41) is 7.89. The van der Waals surface area contributed by atoms with E-state index in [-0.39, 0.29) is 12.0 Å². The van der Waals surface area contributed by atoms with Crippen molar-refractivity contribution in [3.63, 3.8) is 0 Å². The zero-order chi connectivity index (χ0) is 21.5. The second-order valence-corrected chi connectivity index (χ2v) is 8.95. The molecule has 0 bridgehead atoms. The van der Waals surface area contributed by atoms with Gasteiger partial charge in [0.2, 0.25) is 0 Å². The molecule has 1 atom stereocenters. The predicted octanol–water partition coefficient (Wildman–Crippen LogP) is 5.64. The fraction of sp³-hybridized carbons (Fsp3) is 0.478. The zero-order valence-corrected chi connectivity index (χ0v) is 19.5. The van der Waals surface area contributed by atoms with E-state index in [2.05, 4.69) is 17.6 Å². The van der Waals surface area contributed by atoms with Gasteiger partial charge in [0.15, 0.2) is 5.11 Å². The van der Waals surface area contributed by atoms with Gasteiger partial charge in [-0.15, -0.1) is 11.3 Å². The molecule has 5 nitrogen and oxygen atoms in total. The van der Waals surface area contributed by atoms with Crippen molar-refractivity contribution in [2.45, 2.75) is 58.4 Å². The fourth-order valence-corrected chi connectivity index (χ4v) is 5.36. The van der Waals surface area contributed by atoms with Crippen LogP contribution in [0.25, 0.3) is 0 Å². The van der Waals surface area contributed by atoms with E-state index in [4.69, 9.17) is 21.7 Å². The number of carbonyl (C=O) groups excluding carboxylic acids is 1. The summed E-state index contributed by atoms with van der Waals surface area (Å²) in [6.45, 7) is 4.25. The summed E-state index contributed by atoms with van der Waals surface area (Å²) in [5.74, 6) is 0.561. The van der Waals surface area contributed by atoms with Crippen LogP contribution in [0.15, 0.2) is 24.3 Å². The van der Waals surface area contributed by atoms with Crippen molar-refractivity contribution in [3.05, 3.63) is 45.8 Å². The number of ether oxygens (including phenoxy) is 2. The molecule has 30 heavy (non-hydrogen) atoms. The molecule has 162 valence electrons. The molecule has 1 aliphatic rings. The van der Waals surface area contributed by atoms with Crippen LogP contribution in [-0.2, 0) is 17.6 Å². The van der Waals surface area contributed by atoms with Crippen molar-refractivity contribution < 1.29 is 14.3 Å². The van der Waals surface area contributed by atoms with Gasteiger partial charge in [-0.25, -0.2) is 4.79 Å². The number of anilines is 1. The maximum Gasteiger partial charge on any atom is 0.341 e. The summed E-state index contributed by atoms with van der Waals surface area (Å²) < 4.78 is 10.6. The number of aryl methyl sites for hydroxylation is 1. The van der Waals surface area contributed by atoms with Gasteiger partial charge in [-0.05, 0) is 75.0 Å². The Labute approximate surface area is 188 Å². The lowest BCUT2D eigenvalue weighted by atomic mass is 9.96. The van der Waals surface area contributed by atoms with E-state index < -0.39 is 0 Å². The number of nitrogens with one attached hydrogen (secondary N) is 2. The van der Waals surface area contributed by atoms with E-state index in [1.807, 2.05) is 31.2 Å². The Bertz CT molecular complexity index is 877. The highest BCUT2D eigenvalue weighted by atomic mass is 32.1. The highest BCUT2D eigenvalue weighted by Crippen LogP contribution is 2.37. The summed E-state index contributed by atoms with van der Waals surface area (Å²) in [6.07, 6.45) is 6.65. The van der Waals surface area contributed by atoms with Crippen molar-refractivity contribution in [1.82, 2.24) is 5.32 Å². The average molecular weight is 447 g/mol. The van der Waals surface area contributed by atoms with Gasteiger partial charge < -0.3 is 20.1 Å². The van der Waals surface area contributed by atoms with Crippen LogP contribution >= 0.6 is 23.6 Å². The van der Waals surface area contributed by atoms with E-state index in [0.29, 0.717) is 17.3 Å². The fourth-order valence-electron chi connectivity index (χ4n) is 3.74. The predicted molar refractivity (Wildman–Crippen MR) is 127 cm³/mol. The highest BCUT2D eigenvalue weighted by molar-refractivity contribution is 7.80. The van der Waals surface area contributed by atoms with Gasteiger partial charge in [-0.2, -0.15) is 0 Å². The maximum absolute atomic E-state index is 12.8. The second kappa shape index (κ2) is 10.8. The number of fused-ring (bicyclic) bond motifs is 1. The van der Waals surface area contributed by atoms with Crippen molar-refractivity contribution in [3.8, 4) is 5.75 Å². The van der Waals surface area contributed by atoms with Crippen LogP contribution in [-0.4, -0.2) is 24.8 Å². The summed E-state index contributed by atoms with van der Waals surface area (Å²) in [6, 6.07) is 7.91. The number of carbonyl (C=O) groups is 1. The molecule has 0 spiro atoms. The van der Waals surface area contributed by atoms with Crippen LogP contribution in [0.2, 0.25) is 0 Å². The molecule has 1 aromatic heterocycles. The molecule has 0 fully saturated rings. The normalized spacial score (nSPS) is 14.6. The maximum atomic E-state index is 12.8. The van der Waals surface area contributed by atoms with Gasteiger partial charge in [0.1, 0.15) is 10.8 Å². The minimum absolute atomic E-state index is 0.0166.